The van der Waals surface area contributed by atoms with Gasteiger partial charge in [-0.2, -0.15) is 13.2 Å². The molecule has 24 heavy (non-hydrogen) atoms. The molecule has 0 saturated heterocycles. The molecule has 0 amide bonds. The first-order chi connectivity index (χ1) is 10.5. The van der Waals surface area contributed by atoms with Gasteiger partial charge in [0.25, 0.3) is 0 Å². The standard InChI is InChI=1S/C12H16F4N2O4S2/c1-11(2,18-23(3,19)20)7-17-24(21,22)10-6-8(12(14,15)16)4-5-9(10)13/h4-6,17-18H,7H2,1-3H3. The summed E-state index contributed by atoms with van der Waals surface area (Å²) < 4.78 is 102. The molecule has 0 radical (unpaired) electrons. The fraction of sp³-hybridized carbons (Fsp3) is 0.500. The maximum absolute atomic E-state index is 13.6. The third-order valence-corrected chi connectivity index (χ3v) is 5.05. The second-order valence-corrected chi connectivity index (χ2v) is 9.21. The Labute approximate surface area is 137 Å². The van der Waals surface area contributed by atoms with E-state index in [2.05, 4.69) is 4.72 Å². The molecule has 0 aliphatic heterocycles. The molecule has 0 aromatic heterocycles. The van der Waals surface area contributed by atoms with Gasteiger partial charge < -0.3 is 0 Å². The number of alkyl halides is 3. The summed E-state index contributed by atoms with van der Waals surface area (Å²) in [6.45, 7) is 2.19. The van der Waals surface area contributed by atoms with Crippen molar-refractivity contribution in [2.45, 2.75) is 30.5 Å². The Morgan fingerprint density at radius 3 is 2.08 bits per heavy atom. The van der Waals surface area contributed by atoms with Crippen LogP contribution >= 0.6 is 0 Å². The van der Waals surface area contributed by atoms with E-state index < -0.39 is 54.6 Å². The third kappa shape index (κ3) is 6.00. The van der Waals surface area contributed by atoms with Crippen LogP contribution in [0.5, 0.6) is 0 Å². The van der Waals surface area contributed by atoms with Crippen LogP contribution in [0.2, 0.25) is 0 Å². The predicted molar refractivity (Wildman–Crippen MR) is 78.6 cm³/mol. The quantitative estimate of drug-likeness (QED) is 0.717. The average molecular weight is 392 g/mol. The van der Waals surface area contributed by atoms with Crippen molar-refractivity contribution in [3.63, 3.8) is 0 Å². The van der Waals surface area contributed by atoms with E-state index >= 15 is 0 Å². The molecule has 0 unspecified atom stereocenters. The summed E-state index contributed by atoms with van der Waals surface area (Å²) in [5.74, 6) is -1.36. The van der Waals surface area contributed by atoms with E-state index in [1.165, 1.54) is 13.8 Å². The van der Waals surface area contributed by atoms with E-state index in [9.17, 15) is 34.4 Å². The van der Waals surface area contributed by atoms with Crippen molar-refractivity contribution in [2.24, 2.45) is 0 Å². The number of benzene rings is 1. The maximum atomic E-state index is 13.6. The Morgan fingerprint density at radius 1 is 1.08 bits per heavy atom. The van der Waals surface area contributed by atoms with Crippen molar-refractivity contribution in [3.05, 3.63) is 29.6 Å². The molecule has 0 atom stereocenters. The monoisotopic (exact) mass is 392 g/mol. The highest BCUT2D eigenvalue weighted by Crippen LogP contribution is 2.31. The van der Waals surface area contributed by atoms with E-state index in [4.69, 9.17) is 0 Å². The van der Waals surface area contributed by atoms with Gasteiger partial charge >= 0.3 is 6.18 Å². The van der Waals surface area contributed by atoms with E-state index in [0.29, 0.717) is 12.1 Å². The van der Waals surface area contributed by atoms with Crippen LogP contribution in [0.3, 0.4) is 0 Å². The fourth-order valence-electron chi connectivity index (χ4n) is 1.78. The summed E-state index contributed by atoms with van der Waals surface area (Å²) in [7, 11) is -8.28. The van der Waals surface area contributed by atoms with Crippen molar-refractivity contribution in [3.8, 4) is 0 Å². The Bertz CT molecular complexity index is 818. The molecule has 2 N–H and O–H groups in total. The van der Waals surface area contributed by atoms with Crippen molar-refractivity contribution >= 4 is 20.0 Å². The highest BCUT2D eigenvalue weighted by molar-refractivity contribution is 7.89. The first-order valence-corrected chi connectivity index (χ1v) is 9.76. The molecule has 1 aromatic carbocycles. The summed E-state index contributed by atoms with van der Waals surface area (Å²) in [6, 6.07) is 0.995. The Kier molecular flexibility index (Phi) is 5.70. The molecular formula is C12H16F4N2O4S2. The highest BCUT2D eigenvalue weighted by Gasteiger charge is 2.33. The molecule has 0 heterocycles. The number of hydrogen-bond acceptors (Lipinski definition) is 4. The zero-order valence-corrected chi connectivity index (χ0v) is 14.5. The molecule has 0 fully saturated rings. The normalized spacial score (nSPS) is 14.0. The van der Waals surface area contributed by atoms with Gasteiger partial charge in [-0.15, -0.1) is 0 Å². The van der Waals surface area contributed by atoms with Gasteiger partial charge in [-0.05, 0) is 32.0 Å². The van der Waals surface area contributed by atoms with Crippen molar-refractivity contribution in [2.75, 3.05) is 12.8 Å². The van der Waals surface area contributed by atoms with Gasteiger partial charge in [0.15, 0.2) is 0 Å². The Balaban J connectivity index is 3.09. The first kappa shape index (κ1) is 20.8. The second-order valence-electron chi connectivity index (χ2n) is 5.73. The molecular weight excluding hydrogens is 376 g/mol. The van der Waals surface area contributed by atoms with Crippen LogP contribution in [0.25, 0.3) is 0 Å². The van der Waals surface area contributed by atoms with Gasteiger partial charge in [-0.1, -0.05) is 0 Å². The van der Waals surface area contributed by atoms with E-state index in [1.807, 2.05) is 4.72 Å². The van der Waals surface area contributed by atoms with Crippen LogP contribution in [0.15, 0.2) is 23.1 Å². The summed E-state index contributed by atoms with van der Waals surface area (Å²) in [5.41, 5.74) is -2.60. The van der Waals surface area contributed by atoms with Crippen molar-refractivity contribution in [1.82, 2.24) is 9.44 Å². The van der Waals surface area contributed by atoms with Crippen LogP contribution in [0.1, 0.15) is 19.4 Å². The Hall–Kier alpha value is -1.24. The predicted octanol–water partition coefficient (Wildman–Crippen LogP) is 1.45. The molecule has 138 valence electrons. The first-order valence-electron chi connectivity index (χ1n) is 6.39. The smallest absolute Gasteiger partial charge is 0.213 e. The number of rotatable bonds is 6. The topological polar surface area (TPSA) is 92.3 Å². The lowest BCUT2D eigenvalue weighted by Gasteiger charge is -2.25. The summed E-state index contributed by atoms with van der Waals surface area (Å²) in [4.78, 5) is -1.17. The molecule has 0 aliphatic carbocycles. The number of sulfonamides is 2. The van der Waals surface area contributed by atoms with E-state index in [1.54, 1.807) is 0 Å². The molecule has 0 spiro atoms. The van der Waals surface area contributed by atoms with E-state index in [0.717, 1.165) is 6.26 Å². The molecule has 0 saturated carbocycles. The van der Waals surface area contributed by atoms with E-state index in [-0.39, 0.29) is 6.07 Å². The van der Waals surface area contributed by atoms with Crippen LogP contribution in [0.4, 0.5) is 17.6 Å². The molecule has 12 heteroatoms. The minimum absolute atomic E-state index is 0.175. The van der Waals surface area contributed by atoms with Crippen molar-refractivity contribution in [1.29, 1.82) is 0 Å². The highest BCUT2D eigenvalue weighted by atomic mass is 32.2. The Morgan fingerprint density at radius 2 is 1.62 bits per heavy atom. The molecule has 6 nitrogen and oxygen atoms in total. The number of nitrogens with one attached hydrogen (secondary N) is 2. The lowest BCUT2D eigenvalue weighted by Crippen LogP contribution is -2.51. The molecule has 0 aliphatic rings. The van der Waals surface area contributed by atoms with Crippen LogP contribution in [-0.2, 0) is 26.2 Å². The zero-order chi connectivity index (χ0) is 19.0. The number of hydrogen-bond donors (Lipinski definition) is 2. The summed E-state index contributed by atoms with van der Waals surface area (Å²) in [6.07, 6.45) is -3.98. The van der Waals surface area contributed by atoms with Gasteiger partial charge in [-0.3, -0.25) is 0 Å². The summed E-state index contributed by atoms with van der Waals surface area (Å²) >= 11 is 0. The zero-order valence-electron chi connectivity index (χ0n) is 12.9. The van der Waals surface area contributed by atoms with Gasteiger partial charge in [0.05, 0.1) is 11.8 Å². The molecule has 0 bridgehead atoms. The molecule has 1 rings (SSSR count). The van der Waals surface area contributed by atoms with Gasteiger partial charge in [0.2, 0.25) is 20.0 Å². The van der Waals surface area contributed by atoms with Gasteiger partial charge in [0.1, 0.15) is 10.7 Å². The van der Waals surface area contributed by atoms with Crippen LogP contribution in [0, 0.1) is 5.82 Å². The minimum Gasteiger partial charge on any atom is -0.213 e. The fourth-order valence-corrected chi connectivity index (χ4v) is 4.17. The largest absolute Gasteiger partial charge is 0.416 e. The summed E-state index contributed by atoms with van der Waals surface area (Å²) in [5, 5.41) is 0. The average Bonchev–Trinajstić information content (AvgIpc) is 2.33. The lowest BCUT2D eigenvalue weighted by molar-refractivity contribution is -0.137. The van der Waals surface area contributed by atoms with Crippen molar-refractivity contribution < 1.29 is 34.4 Å². The third-order valence-electron chi connectivity index (χ3n) is 2.71. The minimum atomic E-state index is -4.84. The van der Waals surface area contributed by atoms with Crippen LogP contribution < -0.4 is 9.44 Å². The molecule has 1 aromatic rings. The number of halogens is 4. The SMILES string of the molecule is CC(C)(CNS(=O)(=O)c1cc(C(F)(F)F)ccc1F)NS(C)(=O)=O. The lowest BCUT2D eigenvalue weighted by atomic mass is 10.1. The maximum Gasteiger partial charge on any atom is 0.416 e. The van der Waals surface area contributed by atoms with Gasteiger partial charge in [-0.25, -0.2) is 30.7 Å². The second kappa shape index (κ2) is 6.58. The van der Waals surface area contributed by atoms with Crippen LogP contribution in [-0.4, -0.2) is 35.2 Å². The van der Waals surface area contributed by atoms with Gasteiger partial charge in [0, 0.05) is 12.1 Å².